The molecular weight excluding hydrogens is 364 g/mol. The summed E-state index contributed by atoms with van der Waals surface area (Å²) in [4.78, 5) is 26.7. The molecule has 1 saturated carbocycles. The van der Waals surface area contributed by atoms with Gasteiger partial charge in [-0.3, -0.25) is 9.59 Å². The van der Waals surface area contributed by atoms with Crippen LogP contribution >= 0.6 is 0 Å². The normalized spacial score (nSPS) is 18.7. The smallest absolute Gasteiger partial charge is 0.293 e. The molecule has 4 rings (SSSR count). The molecule has 150 valence electrons. The third-order valence-corrected chi connectivity index (χ3v) is 5.62. The summed E-state index contributed by atoms with van der Waals surface area (Å²) in [5.41, 5.74) is 2.20. The molecule has 29 heavy (non-hydrogen) atoms. The second kappa shape index (κ2) is 8.52. The summed E-state index contributed by atoms with van der Waals surface area (Å²) in [6.07, 6.45) is 8.72. The first-order valence-electron chi connectivity index (χ1n) is 10.3. The minimum atomic E-state index is -0.195. The average molecular weight is 390 g/mol. The third kappa shape index (κ3) is 4.34. The zero-order valence-electron chi connectivity index (χ0n) is 16.7. The molecule has 0 unspecified atom stereocenters. The minimum absolute atomic E-state index is 0.0326. The summed E-state index contributed by atoms with van der Waals surface area (Å²) in [6, 6.07) is 15.0. The van der Waals surface area contributed by atoms with Crippen molar-refractivity contribution in [3.63, 3.8) is 0 Å². The molecule has 0 aromatic heterocycles. The molecule has 5 heteroatoms. The Labute approximate surface area is 171 Å². The van der Waals surface area contributed by atoms with E-state index in [1.165, 1.54) is 25.7 Å². The number of anilines is 1. The number of fused-ring (bicyclic) bond motifs is 1. The number of ether oxygens (including phenoxy) is 1. The number of benzene rings is 2. The second-order valence-electron chi connectivity index (χ2n) is 7.73. The van der Waals surface area contributed by atoms with Crippen LogP contribution in [0.5, 0.6) is 5.75 Å². The van der Waals surface area contributed by atoms with Crippen LogP contribution in [0.25, 0.3) is 6.08 Å². The Morgan fingerprint density at radius 1 is 1.03 bits per heavy atom. The van der Waals surface area contributed by atoms with Gasteiger partial charge in [-0.15, -0.1) is 0 Å². The van der Waals surface area contributed by atoms with Crippen LogP contribution in [0.3, 0.4) is 0 Å². The molecule has 0 radical (unpaired) electrons. The van der Waals surface area contributed by atoms with Crippen molar-refractivity contribution in [1.29, 1.82) is 0 Å². The number of rotatable bonds is 3. The molecule has 1 N–H and O–H groups in total. The van der Waals surface area contributed by atoms with E-state index in [1.807, 2.05) is 36.4 Å². The van der Waals surface area contributed by atoms with Gasteiger partial charge in [0.15, 0.2) is 11.5 Å². The van der Waals surface area contributed by atoms with E-state index in [1.54, 1.807) is 30.2 Å². The maximum absolute atomic E-state index is 12.6. The third-order valence-electron chi connectivity index (χ3n) is 5.62. The van der Waals surface area contributed by atoms with Crippen LogP contribution in [0.2, 0.25) is 0 Å². The van der Waals surface area contributed by atoms with Crippen molar-refractivity contribution in [3.05, 3.63) is 65.4 Å². The number of amides is 2. The molecule has 1 aliphatic carbocycles. The first-order chi connectivity index (χ1) is 14.1. The highest BCUT2D eigenvalue weighted by Gasteiger charge is 2.27. The lowest BCUT2D eigenvalue weighted by Crippen LogP contribution is -2.34. The van der Waals surface area contributed by atoms with Crippen LogP contribution in [-0.4, -0.2) is 24.9 Å². The zero-order chi connectivity index (χ0) is 20.2. The van der Waals surface area contributed by atoms with E-state index in [0.717, 1.165) is 24.1 Å². The molecule has 5 nitrogen and oxygen atoms in total. The summed E-state index contributed by atoms with van der Waals surface area (Å²) in [7, 11) is 1.73. The van der Waals surface area contributed by atoms with Gasteiger partial charge >= 0.3 is 0 Å². The summed E-state index contributed by atoms with van der Waals surface area (Å²) >= 11 is 0. The van der Waals surface area contributed by atoms with E-state index in [4.69, 9.17) is 4.74 Å². The van der Waals surface area contributed by atoms with E-state index in [-0.39, 0.29) is 23.6 Å². The number of carbonyl (C=O) groups is 2. The van der Waals surface area contributed by atoms with Crippen molar-refractivity contribution in [2.75, 3.05) is 11.9 Å². The van der Waals surface area contributed by atoms with E-state index < -0.39 is 0 Å². The van der Waals surface area contributed by atoms with E-state index in [0.29, 0.717) is 11.3 Å². The molecule has 2 aromatic rings. The number of hydrogen-bond donors (Lipinski definition) is 1. The van der Waals surface area contributed by atoms with E-state index in [9.17, 15) is 9.59 Å². The van der Waals surface area contributed by atoms with Crippen LogP contribution in [-0.2, 0) is 4.79 Å². The van der Waals surface area contributed by atoms with Gasteiger partial charge in [0, 0.05) is 18.7 Å². The predicted molar refractivity (Wildman–Crippen MR) is 114 cm³/mol. The Bertz CT molecular complexity index is 925. The van der Waals surface area contributed by atoms with Crippen LogP contribution < -0.4 is 15.0 Å². The van der Waals surface area contributed by atoms with Gasteiger partial charge in [0.1, 0.15) is 0 Å². The maximum Gasteiger partial charge on any atom is 0.293 e. The fraction of sp³-hybridized carbons (Fsp3) is 0.333. The van der Waals surface area contributed by atoms with Gasteiger partial charge in [-0.25, -0.2) is 0 Å². The van der Waals surface area contributed by atoms with Crippen molar-refractivity contribution in [2.24, 2.45) is 0 Å². The Morgan fingerprint density at radius 2 is 1.72 bits per heavy atom. The lowest BCUT2D eigenvalue weighted by atomic mass is 10.1. The molecule has 1 heterocycles. The number of hydrogen-bond acceptors (Lipinski definition) is 3. The molecule has 2 amide bonds. The number of nitrogens with one attached hydrogen (secondary N) is 1. The van der Waals surface area contributed by atoms with Crippen molar-refractivity contribution >= 4 is 23.6 Å². The Hall–Kier alpha value is -3.08. The standard InChI is InChI=1S/C24H26N2O3/c1-26-20-10-6-7-11-21(20)29-22(24(26)28)16-17-12-14-18(15-13-17)23(27)25-19-8-4-2-3-5-9-19/h6-7,10-16,19H,2-5,8-9H2,1H3,(H,25,27). The molecule has 1 aliphatic heterocycles. The lowest BCUT2D eigenvalue weighted by Gasteiger charge is -2.27. The molecular formula is C24H26N2O3. The summed E-state index contributed by atoms with van der Waals surface area (Å²) in [5, 5.41) is 3.16. The maximum atomic E-state index is 12.6. The Balaban J connectivity index is 1.46. The molecule has 0 bridgehead atoms. The van der Waals surface area contributed by atoms with Gasteiger partial charge in [0.05, 0.1) is 5.69 Å². The number of carbonyl (C=O) groups excluding carboxylic acids is 2. The van der Waals surface area contributed by atoms with Crippen molar-refractivity contribution in [1.82, 2.24) is 5.32 Å². The summed E-state index contributed by atoms with van der Waals surface area (Å²) in [5.74, 6) is 0.691. The first-order valence-corrected chi connectivity index (χ1v) is 10.3. The number of para-hydroxylation sites is 2. The van der Waals surface area contributed by atoms with Crippen LogP contribution in [0.1, 0.15) is 54.4 Å². The highest BCUT2D eigenvalue weighted by atomic mass is 16.5. The molecule has 2 aromatic carbocycles. The van der Waals surface area contributed by atoms with Crippen molar-refractivity contribution in [3.8, 4) is 5.75 Å². The van der Waals surface area contributed by atoms with Crippen LogP contribution in [0.4, 0.5) is 5.69 Å². The van der Waals surface area contributed by atoms with Crippen molar-refractivity contribution in [2.45, 2.75) is 44.6 Å². The fourth-order valence-electron chi connectivity index (χ4n) is 3.92. The summed E-state index contributed by atoms with van der Waals surface area (Å²) < 4.78 is 5.80. The number of likely N-dealkylation sites (N-methyl/N-ethyl adjacent to an activating group) is 1. The van der Waals surface area contributed by atoms with Crippen molar-refractivity contribution < 1.29 is 14.3 Å². The quantitative estimate of drug-likeness (QED) is 0.618. The highest BCUT2D eigenvalue weighted by molar-refractivity contribution is 6.09. The first kappa shape index (κ1) is 19.2. The second-order valence-corrected chi connectivity index (χ2v) is 7.73. The number of nitrogens with zero attached hydrogens (tertiary/aromatic N) is 1. The van der Waals surface area contributed by atoms with Gasteiger partial charge in [0.2, 0.25) is 0 Å². The topological polar surface area (TPSA) is 58.6 Å². The average Bonchev–Trinajstić information content (AvgIpc) is 3.01. The fourth-order valence-corrected chi connectivity index (χ4v) is 3.92. The van der Waals surface area contributed by atoms with Gasteiger partial charge in [-0.05, 0) is 48.7 Å². The monoisotopic (exact) mass is 390 g/mol. The molecule has 1 fully saturated rings. The lowest BCUT2D eigenvalue weighted by molar-refractivity contribution is -0.117. The molecule has 2 aliphatic rings. The van der Waals surface area contributed by atoms with Crippen LogP contribution in [0.15, 0.2) is 54.3 Å². The zero-order valence-corrected chi connectivity index (χ0v) is 16.7. The SMILES string of the molecule is CN1C(=O)C(=Cc2ccc(C(=O)NC3CCCCCC3)cc2)Oc2ccccc21. The van der Waals surface area contributed by atoms with Gasteiger partial charge in [-0.1, -0.05) is 49.9 Å². The van der Waals surface area contributed by atoms with Gasteiger partial charge < -0.3 is 15.0 Å². The summed E-state index contributed by atoms with van der Waals surface area (Å²) in [6.45, 7) is 0. The van der Waals surface area contributed by atoms with E-state index in [2.05, 4.69) is 5.32 Å². The largest absolute Gasteiger partial charge is 0.449 e. The highest BCUT2D eigenvalue weighted by Crippen LogP contribution is 2.34. The van der Waals surface area contributed by atoms with Gasteiger partial charge in [0.25, 0.3) is 11.8 Å². The van der Waals surface area contributed by atoms with E-state index >= 15 is 0 Å². The Morgan fingerprint density at radius 3 is 2.45 bits per heavy atom. The van der Waals surface area contributed by atoms with Crippen LogP contribution in [0, 0.1) is 0 Å². The molecule has 0 spiro atoms. The molecule has 0 saturated heterocycles. The molecule has 0 atom stereocenters. The Kier molecular flexibility index (Phi) is 5.65. The predicted octanol–water partition coefficient (Wildman–Crippen LogP) is 4.54. The van der Waals surface area contributed by atoms with Gasteiger partial charge in [-0.2, -0.15) is 0 Å². The minimum Gasteiger partial charge on any atom is -0.449 e.